The number of aliphatic hydroxyl groups is 1. The van der Waals surface area contributed by atoms with Gasteiger partial charge in [-0.3, -0.25) is 9.69 Å². The average Bonchev–Trinajstić information content (AvgIpc) is 3.34. The Bertz CT molecular complexity index is 1470. The van der Waals surface area contributed by atoms with Crippen molar-refractivity contribution < 1.29 is 14.6 Å². The fourth-order valence-corrected chi connectivity index (χ4v) is 8.69. The minimum absolute atomic E-state index is 0.0202. The summed E-state index contributed by atoms with van der Waals surface area (Å²) >= 11 is 0. The van der Waals surface area contributed by atoms with Gasteiger partial charge in [-0.1, -0.05) is 86.6 Å². The van der Waals surface area contributed by atoms with Crippen molar-refractivity contribution in [3.8, 4) is 5.75 Å². The van der Waals surface area contributed by atoms with Crippen molar-refractivity contribution in [1.29, 1.82) is 0 Å². The minimum atomic E-state index is -0.894. The van der Waals surface area contributed by atoms with Crippen LogP contribution in [0.1, 0.15) is 55.4 Å². The van der Waals surface area contributed by atoms with Crippen LogP contribution in [0.3, 0.4) is 0 Å². The molecule has 42 heavy (non-hydrogen) atoms. The van der Waals surface area contributed by atoms with Crippen molar-refractivity contribution in [2.45, 2.75) is 75.2 Å². The van der Waals surface area contributed by atoms with Crippen LogP contribution in [0, 0.1) is 5.92 Å². The Morgan fingerprint density at radius 2 is 1.81 bits per heavy atom. The summed E-state index contributed by atoms with van der Waals surface area (Å²) in [5.74, 6) is 1.25. The van der Waals surface area contributed by atoms with Gasteiger partial charge in [-0.15, -0.1) is 0 Å². The summed E-state index contributed by atoms with van der Waals surface area (Å²) in [5.41, 5.74) is 3.47. The molecule has 5 nitrogen and oxygen atoms in total. The van der Waals surface area contributed by atoms with Gasteiger partial charge in [-0.25, -0.2) is 0 Å². The van der Waals surface area contributed by atoms with Crippen LogP contribution < -0.4 is 4.74 Å². The van der Waals surface area contributed by atoms with Gasteiger partial charge in [0.25, 0.3) is 0 Å². The van der Waals surface area contributed by atoms with Gasteiger partial charge >= 0.3 is 0 Å². The van der Waals surface area contributed by atoms with Crippen LogP contribution in [0.25, 0.3) is 6.08 Å². The number of carbonyl (C=O) groups is 1. The largest absolute Gasteiger partial charge is 0.487 e. The molecule has 7 rings (SSSR count). The first-order chi connectivity index (χ1) is 20.4. The molecule has 3 aromatic rings. The van der Waals surface area contributed by atoms with Crippen LogP contribution >= 0.6 is 0 Å². The molecule has 5 heteroatoms. The zero-order valence-electron chi connectivity index (χ0n) is 24.8. The van der Waals surface area contributed by atoms with Gasteiger partial charge in [0.05, 0.1) is 17.1 Å². The molecule has 3 aromatic carbocycles. The van der Waals surface area contributed by atoms with Gasteiger partial charge in [-0.05, 0) is 73.4 Å². The smallest absolute Gasteiger partial charge is 0.246 e. The number of carbonyl (C=O) groups excluding carboxylic acids is 1. The molecule has 1 saturated heterocycles. The van der Waals surface area contributed by atoms with E-state index < -0.39 is 11.0 Å². The summed E-state index contributed by atoms with van der Waals surface area (Å²) in [4.78, 5) is 18.5. The molecule has 2 fully saturated rings. The lowest BCUT2D eigenvalue weighted by Crippen LogP contribution is -2.78. The molecule has 1 spiro atoms. The molecule has 1 saturated carbocycles. The van der Waals surface area contributed by atoms with Gasteiger partial charge < -0.3 is 14.7 Å². The molecule has 0 radical (unpaired) electrons. The Labute approximate surface area is 249 Å². The predicted molar refractivity (Wildman–Crippen MR) is 166 cm³/mol. The molecular weight excluding hydrogens is 520 g/mol. The highest BCUT2D eigenvalue weighted by Crippen LogP contribution is 2.64. The van der Waals surface area contributed by atoms with Crippen LogP contribution in [0.15, 0.2) is 84.9 Å². The minimum Gasteiger partial charge on any atom is -0.487 e. The maximum absolute atomic E-state index is 13.9. The van der Waals surface area contributed by atoms with Gasteiger partial charge in [0.1, 0.15) is 11.9 Å². The molecule has 5 atom stereocenters. The molecule has 2 bridgehead atoms. The summed E-state index contributed by atoms with van der Waals surface area (Å²) in [7, 11) is 0. The fraction of sp³-hybridized carbons (Fsp3) is 0.432. The van der Waals surface area contributed by atoms with E-state index in [0.717, 1.165) is 50.1 Å². The molecule has 2 aliphatic carbocycles. The standard InChI is InChI=1S/C37H42N2O3/c1-26(2)25-39(33(40)17-16-27-10-5-3-6-11-27)30-18-20-37(41)32-24-29-14-9-15-31-34(29)36(37,35(30)42-31)21-23-38(32)22-19-28-12-7-4-8-13-28/h3-17,26,30,32,35,41H,18-25H2,1-2H3/t30-,32-,35+,36+,37-/m1/s1. The normalized spacial score (nSPS) is 29.4. The molecule has 0 aromatic heterocycles. The number of rotatable bonds is 8. The first-order valence-corrected chi connectivity index (χ1v) is 15.7. The first kappa shape index (κ1) is 27.4. The second-order valence-electron chi connectivity index (χ2n) is 13.2. The number of hydrogen-bond acceptors (Lipinski definition) is 4. The summed E-state index contributed by atoms with van der Waals surface area (Å²) < 4.78 is 6.90. The summed E-state index contributed by atoms with van der Waals surface area (Å²) in [5, 5.41) is 12.9. The van der Waals surface area contributed by atoms with Crippen LogP contribution in [0.5, 0.6) is 5.75 Å². The summed E-state index contributed by atoms with van der Waals surface area (Å²) in [6.07, 6.45) is 7.42. The molecule has 2 heterocycles. The van der Waals surface area contributed by atoms with Crippen molar-refractivity contribution in [1.82, 2.24) is 9.80 Å². The van der Waals surface area contributed by atoms with E-state index in [1.54, 1.807) is 6.08 Å². The van der Waals surface area contributed by atoms with Gasteiger partial charge in [0.2, 0.25) is 5.91 Å². The lowest BCUT2D eigenvalue weighted by atomic mass is 9.48. The van der Waals surface area contributed by atoms with Crippen LogP contribution in [-0.2, 0) is 23.1 Å². The third-order valence-electron chi connectivity index (χ3n) is 10.4. The van der Waals surface area contributed by atoms with E-state index in [0.29, 0.717) is 18.9 Å². The van der Waals surface area contributed by atoms with Gasteiger partial charge in [-0.2, -0.15) is 0 Å². The van der Waals surface area contributed by atoms with Crippen molar-refractivity contribution in [3.05, 3.63) is 107 Å². The number of benzene rings is 3. The van der Waals surface area contributed by atoms with E-state index in [1.807, 2.05) is 36.4 Å². The number of piperidine rings is 1. The van der Waals surface area contributed by atoms with Crippen LogP contribution in [0.2, 0.25) is 0 Å². The summed E-state index contributed by atoms with van der Waals surface area (Å²) in [6.45, 7) is 6.85. The molecule has 218 valence electrons. The Morgan fingerprint density at radius 1 is 1.05 bits per heavy atom. The quantitative estimate of drug-likeness (QED) is 0.361. The Hall–Kier alpha value is -3.41. The van der Waals surface area contributed by atoms with E-state index in [4.69, 9.17) is 4.74 Å². The van der Waals surface area contributed by atoms with Crippen LogP contribution in [-0.4, -0.2) is 64.2 Å². The zero-order chi connectivity index (χ0) is 28.9. The third-order valence-corrected chi connectivity index (χ3v) is 10.4. The fourth-order valence-electron chi connectivity index (χ4n) is 8.69. The van der Waals surface area contributed by atoms with E-state index in [-0.39, 0.29) is 24.1 Å². The van der Waals surface area contributed by atoms with E-state index in [2.05, 4.69) is 72.2 Å². The second-order valence-corrected chi connectivity index (χ2v) is 13.2. The van der Waals surface area contributed by atoms with Crippen molar-refractivity contribution in [2.24, 2.45) is 5.92 Å². The zero-order valence-corrected chi connectivity index (χ0v) is 24.8. The number of hydrogen-bond donors (Lipinski definition) is 1. The Balaban J connectivity index is 1.23. The molecular formula is C37H42N2O3. The molecule has 2 aliphatic heterocycles. The monoisotopic (exact) mass is 562 g/mol. The van der Waals surface area contributed by atoms with E-state index >= 15 is 0 Å². The third kappa shape index (κ3) is 4.32. The highest BCUT2D eigenvalue weighted by Gasteiger charge is 2.73. The van der Waals surface area contributed by atoms with E-state index in [1.165, 1.54) is 16.7 Å². The molecule has 1 N–H and O–H groups in total. The molecule has 1 amide bonds. The predicted octanol–water partition coefficient (Wildman–Crippen LogP) is 5.65. The highest BCUT2D eigenvalue weighted by atomic mass is 16.5. The summed E-state index contributed by atoms with van der Waals surface area (Å²) in [6, 6.07) is 27.0. The van der Waals surface area contributed by atoms with Crippen molar-refractivity contribution in [3.63, 3.8) is 0 Å². The number of nitrogens with zero attached hydrogens (tertiary/aromatic N) is 2. The topological polar surface area (TPSA) is 53.0 Å². The van der Waals surface area contributed by atoms with Crippen molar-refractivity contribution >= 4 is 12.0 Å². The Morgan fingerprint density at radius 3 is 2.57 bits per heavy atom. The maximum Gasteiger partial charge on any atom is 0.246 e. The van der Waals surface area contributed by atoms with Gasteiger partial charge in [0, 0.05) is 30.8 Å². The molecule has 0 unspecified atom stereocenters. The van der Waals surface area contributed by atoms with Crippen LogP contribution in [0.4, 0.5) is 0 Å². The number of ether oxygens (including phenoxy) is 1. The highest BCUT2D eigenvalue weighted by molar-refractivity contribution is 5.92. The first-order valence-electron chi connectivity index (χ1n) is 15.7. The van der Waals surface area contributed by atoms with E-state index in [9.17, 15) is 9.90 Å². The maximum atomic E-state index is 13.9. The number of likely N-dealkylation sites (tertiary alicyclic amines) is 1. The van der Waals surface area contributed by atoms with Crippen molar-refractivity contribution in [2.75, 3.05) is 19.6 Å². The Kier molecular flexibility index (Phi) is 6.99. The average molecular weight is 563 g/mol. The second kappa shape index (κ2) is 10.7. The lowest BCUT2D eigenvalue weighted by Gasteiger charge is -2.65. The lowest BCUT2D eigenvalue weighted by molar-refractivity contribution is -0.201. The number of amides is 1. The molecule has 4 aliphatic rings. The SMILES string of the molecule is CC(C)CN(C(=O)C=Cc1ccccc1)[C@@H]1CC[C@@]2(O)[C@H]3Cc4cccc5c4[C@@]2(CCN3CCc2ccccc2)[C@H]1O5. The van der Waals surface area contributed by atoms with Gasteiger partial charge in [0.15, 0.2) is 0 Å².